The van der Waals surface area contributed by atoms with Gasteiger partial charge in [-0.15, -0.1) is 0 Å². The van der Waals surface area contributed by atoms with Gasteiger partial charge in [0, 0.05) is 26.2 Å². The van der Waals surface area contributed by atoms with Crippen molar-refractivity contribution in [2.24, 2.45) is 0 Å². The van der Waals surface area contributed by atoms with Crippen molar-refractivity contribution in [2.75, 3.05) is 0 Å². The van der Waals surface area contributed by atoms with E-state index in [4.69, 9.17) is 0 Å². The first-order chi connectivity index (χ1) is 22.5. The Morgan fingerprint density at radius 1 is 0.413 bits per heavy atom. The summed E-state index contributed by atoms with van der Waals surface area (Å²) < 4.78 is 6.32. The Morgan fingerprint density at radius 2 is 0.761 bits per heavy atom. The van der Waals surface area contributed by atoms with Gasteiger partial charge in [0.15, 0.2) is 23.0 Å². The maximum atomic E-state index is 13.5. The molecule has 8 aliphatic rings. The summed E-state index contributed by atoms with van der Waals surface area (Å²) in [6.45, 7) is 1.72. The van der Waals surface area contributed by atoms with Gasteiger partial charge in [-0.1, -0.05) is 62.8 Å². The van der Waals surface area contributed by atoms with Crippen LogP contribution in [0.3, 0.4) is 0 Å². The lowest BCUT2D eigenvalue weighted by atomic mass is 10.1. The summed E-state index contributed by atoms with van der Waals surface area (Å²) in [7, 11) is 0. The monoisotopic (exact) mass is 620 g/mol. The van der Waals surface area contributed by atoms with Crippen LogP contribution in [0.5, 0.6) is 0 Å². The quantitative estimate of drug-likeness (QED) is 0.232. The van der Waals surface area contributed by atoms with Gasteiger partial charge >= 0.3 is 11.4 Å². The van der Waals surface area contributed by atoms with E-state index in [1.807, 2.05) is 57.7 Å². The fourth-order valence-electron chi connectivity index (χ4n) is 6.63. The molecule has 2 aromatic carbocycles. The SMILES string of the molecule is O=c1nc2n3c4ccccc4nc-2c(=O)n1CCCCCCCn1c(=O)nc2n(c4ccccc4nc-2c1=O)CCCCCCC3. The molecule has 2 aromatic rings. The van der Waals surface area contributed by atoms with Crippen molar-refractivity contribution in [1.29, 1.82) is 0 Å². The standard InChI is InChI=1S/C34H36N8O4/c43-31-27-29-37-33(45)41(31)21-13-5-2-6-14-22-42-32(44)28-30(38-34(42)46)40(26-18-10-8-16-24(26)36-28)20-12-4-1-3-11-19-39(29)25-17-9-7-15-23(25)35-27/h7-10,15-18H,1-6,11-14,19-22H2. The molecule has 0 radical (unpaired) electrons. The van der Waals surface area contributed by atoms with Gasteiger partial charge in [0.2, 0.25) is 0 Å². The molecule has 12 nitrogen and oxygen atoms in total. The molecule has 0 saturated heterocycles. The van der Waals surface area contributed by atoms with Crippen molar-refractivity contribution < 1.29 is 0 Å². The molecule has 0 aliphatic carbocycles. The van der Waals surface area contributed by atoms with Gasteiger partial charge in [-0.2, -0.15) is 9.97 Å². The van der Waals surface area contributed by atoms with Crippen molar-refractivity contribution in [3.05, 3.63) is 90.2 Å². The molecule has 0 spiro atoms. The largest absolute Gasteiger partial charge is 0.352 e. The summed E-state index contributed by atoms with van der Waals surface area (Å²) in [4.78, 5) is 71.2. The normalized spacial score (nSPS) is 15.8. The molecule has 12 heteroatoms. The number of nitrogens with zero attached hydrogens (tertiary/aromatic N) is 8. The molecule has 0 unspecified atom stereocenters. The zero-order chi connectivity index (χ0) is 31.6. The van der Waals surface area contributed by atoms with Crippen LogP contribution < -0.4 is 22.5 Å². The van der Waals surface area contributed by atoms with E-state index >= 15 is 0 Å². The van der Waals surface area contributed by atoms with Gasteiger partial charge in [0.05, 0.1) is 22.1 Å². The van der Waals surface area contributed by atoms with Gasteiger partial charge in [-0.3, -0.25) is 18.7 Å². The Kier molecular flexibility index (Phi) is 8.25. The number of para-hydroxylation sites is 4. The summed E-state index contributed by atoms with van der Waals surface area (Å²) in [6, 6.07) is 15.3. The molecule has 8 aliphatic heterocycles. The minimum absolute atomic E-state index is 0.221. The number of rotatable bonds is 0. The number of hydrogen-bond donors (Lipinski definition) is 0. The molecule has 236 valence electrons. The predicted octanol–water partition coefficient (Wildman–Crippen LogP) is 4.04. The third-order valence-electron chi connectivity index (χ3n) is 9.03. The Labute approximate surface area is 263 Å². The third kappa shape index (κ3) is 5.52. The summed E-state index contributed by atoms with van der Waals surface area (Å²) in [5.74, 6) is 0.686. The highest BCUT2D eigenvalue weighted by molar-refractivity contribution is 5.80. The number of hydrogen-bond acceptors (Lipinski definition) is 8. The lowest BCUT2D eigenvalue weighted by Gasteiger charge is -2.18. The number of aromatic nitrogens is 8. The maximum Gasteiger partial charge on any atom is 0.352 e. The van der Waals surface area contributed by atoms with E-state index in [0.29, 0.717) is 48.6 Å². The Balaban J connectivity index is 1.21. The fraction of sp³-hybridized carbons (Fsp3) is 0.412. The summed E-state index contributed by atoms with van der Waals surface area (Å²) in [5.41, 5.74) is 1.63. The molecule has 46 heavy (non-hydrogen) atoms. The van der Waals surface area contributed by atoms with Crippen molar-refractivity contribution in [3.63, 3.8) is 0 Å². The van der Waals surface area contributed by atoms with Crippen LogP contribution in [0, 0.1) is 0 Å². The average Bonchev–Trinajstić information content (AvgIpc) is 3.06. The molecule has 0 fully saturated rings. The van der Waals surface area contributed by atoms with E-state index in [9.17, 15) is 19.2 Å². The van der Waals surface area contributed by atoms with Crippen LogP contribution >= 0.6 is 0 Å². The van der Waals surface area contributed by atoms with Crippen LogP contribution in [-0.2, 0) is 26.2 Å². The molecule has 0 atom stereocenters. The lowest BCUT2D eigenvalue weighted by molar-refractivity contribution is 0.504. The second kappa shape index (κ2) is 12.8. The van der Waals surface area contributed by atoms with Gasteiger partial charge in [0.25, 0.3) is 11.1 Å². The summed E-state index contributed by atoms with van der Waals surface area (Å²) >= 11 is 0. The first-order valence-electron chi connectivity index (χ1n) is 16.3. The maximum absolute atomic E-state index is 13.5. The molecular formula is C34H36N8O4. The second-order valence-corrected chi connectivity index (χ2v) is 12.1. The molecule has 8 bridgehead atoms. The van der Waals surface area contributed by atoms with Crippen molar-refractivity contribution in [2.45, 2.75) is 90.4 Å². The van der Waals surface area contributed by atoms with Crippen LogP contribution in [0.2, 0.25) is 0 Å². The fourth-order valence-corrected chi connectivity index (χ4v) is 6.63. The van der Waals surface area contributed by atoms with E-state index in [0.717, 1.165) is 62.4 Å². The van der Waals surface area contributed by atoms with E-state index < -0.39 is 22.5 Å². The average molecular weight is 621 g/mol. The van der Waals surface area contributed by atoms with Crippen molar-refractivity contribution in [1.82, 2.24) is 38.2 Å². The Hall–Kier alpha value is -5.00. The van der Waals surface area contributed by atoms with Gasteiger partial charge < -0.3 is 9.13 Å². The highest BCUT2D eigenvalue weighted by atomic mass is 16.2. The zero-order valence-electron chi connectivity index (χ0n) is 25.7. The van der Waals surface area contributed by atoms with E-state index in [2.05, 4.69) is 19.9 Å². The Morgan fingerprint density at radius 3 is 1.17 bits per heavy atom. The van der Waals surface area contributed by atoms with Crippen LogP contribution in [0.1, 0.15) is 64.2 Å². The predicted molar refractivity (Wildman–Crippen MR) is 176 cm³/mol. The Bertz CT molecular complexity index is 2070. The first kappa shape index (κ1) is 29.7. The molecule has 10 rings (SSSR count). The van der Waals surface area contributed by atoms with Gasteiger partial charge in [-0.05, 0) is 49.9 Å². The molecule has 0 saturated carbocycles. The van der Waals surface area contributed by atoms with E-state index in [-0.39, 0.29) is 24.5 Å². The molecule has 0 N–H and O–H groups in total. The van der Waals surface area contributed by atoms with Gasteiger partial charge in [0.1, 0.15) is 0 Å². The molecule has 8 heterocycles. The number of benzene rings is 2. The van der Waals surface area contributed by atoms with Crippen molar-refractivity contribution in [3.8, 4) is 23.0 Å². The van der Waals surface area contributed by atoms with Crippen LogP contribution in [0.25, 0.3) is 45.1 Å². The number of aryl methyl sites for hydroxylation is 2. The lowest BCUT2D eigenvalue weighted by Crippen LogP contribution is -2.39. The summed E-state index contributed by atoms with van der Waals surface area (Å²) in [6.07, 6.45) is 8.11. The third-order valence-corrected chi connectivity index (χ3v) is 9.03. The van der Waals surface area contributed by atoms with Crippen LogP contribution in [0.4, 0.5) is 0 Å². The molecule has 0 aromatic heterocycles. The topological polar surface area (TPSA) is 140 Å². The first-order valence-corrected chi connectivity index (χ1v) is 16.3. The zero-order valence-corrected chi connectivity index (χ0v) is 25.7. The smallest absolute Gasteiger partial charge is 0.322 e. The minimum atomic E-state index is -0.551. The van der Waals surface area contributed by atoms with E-state index in [1.165, 1.54) is 9.13 Å². The minimum Gasteiger partial charge on any atom is -0.322 e. The summed E-state index contributed by atoms with van der Waals surface area (Å²) in [5, 5.41) is 0. The van der Waals surface area contributed by atoms with Crippen LogP contribution in [-0.4, -0.2) is 38.2 Å². The van der Waals surface area contributed by atoms with Crippen molar-refractivity contribution >= 4 is 22.1 Å². The van der Waals surface area contributed by atoms with Crippen LogP contribution in [0.15, 0.2) is 67.7 Å². The highest BCUT2D eigenvalue weighted by Crippen LogP contribution is 2.24. The van der Waals surface area contributed by atoms with Gasteiger partial charge in [-0.25, -0.2) is 19.6 Å². The highest BCUT2D eigenvalue weighted by Gasteiger charge is 2.23. The second-order valence-electron chi connectivity index (χ2n) is 12.1. The molecule has 0 amide bonds. The van der Waals surface area contributed by atoms with E-state index in [1.54, 1.807) is 0 Å². The number of fused-ring (bicyclic) bond motifs is 2. The molecular weight excluding hydrogens is 584 g/mol.